The first-order valence-electron chi connectivity index (χ1n) is 9.38. The predicted molar refractivity (Wildman–Crippen MR) is 116 cm³/mol. The Bertz CT molecular complexity index is 959. The van der Waals surface area contributed by atoms with Crippen LogP contribution in [-0.2, 0) is 0 Å². The Morgan fingerprint density at radius 3 is 2.36 bits per heavy atom. The summed E-state index contributed by atoms with van der Waals surface area (Å²) in [6.45, 7) is 2.08. The van der Waals surface area contributed by atoms with Gasteiger partial charge >= 0.3 is 6.03 Å². The number of carbonyl (C=O) groups is 1. The van der Waals surface area contributed by atoms with Crippen LogP contribution in [0.2, 0.25) is 5.02 Å². The van der Waals surface area contributed by atoms with Crippen LogP contribution in [0.25, 0.3) is 0 Å². The third-order valence-electron chi connectivity index (χ3n) is 5.02. The third-order valence-corrected chi connectivity index (χ3v) is 5.27. The minimum atomic E-state index is -0.138. The van der Waals surface area contributed by atoms with Crippen LogP contribution in [0.4, 0.5) is 21.9 Å². The van der Waals surface area contributed by atoms with Gasteiger partial charge in [0.15, 0.2) is 0 Å². The SMILES string of the molecule is C[C@@H]1C[C@H](Nc2ccccc2)c2ccccc2N1C(=O)Nc1ccc(Cl)cc1. The van der Waals surface area contributed by atoms with E-state index >= 15 is 0 Å². The Hall–Kier alpha value is -2.98. The first kappa shape index (κ1) is 18.4. The van der Waals surface area contributed by atoms with Crippen molar-refractivity contribution < 1.29 is 4.79 Å². The van der Waals surface area contributed by atoms with E-state index in [1.54, 1.807) is 24.3 Å². The molecule has 0 saturated heterocycles. The van der Waals surface area contributed by atoms with Crippen LogP contribution in [0.5, 0.6) is 0 Å². The van der Waals surface area contributed by atoms with E-state index in [1.807, 2.05) is 41.3 Å². The fourth-order valence-corrected chi connectivity index (χ4v) is 3.84. The normalized spacial score (nSPS) is 18.3. The van der Waals surface area contributed by atoms with Gasteiger partial charge in [0.1, 0.15) is 0 Å². The average Bonchev–Trinajstić information content (AvgIpc) is 2.70. The quantitative estimate of drug-likeness (QED) is 0.548. The molecule has 0 spiro atoms. The van der Waals surface area contributed by atoms with Crippen molar-refractivity contribution in [3.05, 3.63) is 89.4 Å². The number of carbonyl (C=O) groups excluding carboxylic acids is 1. The van der Waals surface area contributed by atoms with Gasteiger partial charge in [0.25, 0.3) is 0 Å². The molecule has 3 aromatic carbocycles. The number of amides is 2. The second-order valence-corrected chi connectivity index (χ2v) is 7.45. The fraction of sp³-hybridized carbons (Fsp3) is 0.174. The molecule has 0 radical (unpaired) electrons. The Kier molecular flexibility index (Phi) is 5.22. The summed E-state index contributed by atoms with van der Waals surface area (Å²) in [6, 6.07) is 25.5. The second kappa shape index (κ2) is 7.95. The number of urea groups is 1. The Balaban J connectivity index is 1.60. The maximum atomic E-state index is 13.1. The molecule has 0 aliphatic carbocycles. The first-order chi connectivity index (χ1) is 13.6. The number of fused-ring (bicyclic) bond motifs is 1. The van der Waals surface area contributed by atoms with Crippen LogP contribution in [-0.4, -0.2) is 12.1 Å². The summed E-state index contributed by atoms with van der Waals surface area (Å²) in [4.78, 5) is 14.9. The highest BCUT2D eigenvalue weighted by molar-refractivity contribution is 6.30. The second-order valence-electron chi connectivity index (χ2n) is 7.01. The largest absolute Gasteiger partial charge is 0.378 e. The van der Waals surface area contributed by atoms with E-state index in [0.717, 1.165) is 29.0 Å². The van der Waals surface area contributed by atoms with Gasteiger partial charge < -0.3 is 10.6 Å². The topological polar surface area (TPSA) is 44.4 Å². The van der Waals surface area contributed by atoms with Gasteiger partial charge in [-0.3, -0.25) is 4.90 Å². The van der Waals surface area contributed by atoms with E-state index < -0.39 is 0 Å². The van der Waals surface area contributed by atoms with Gasteiger partial charge in [-0.05, 0) is 61.4 Å². The minimum absolute atomic E-state index is 0.0448. The lowest BCUT2D eigenvalue weighted by Crippen LogP contribution is -2.46. The molecular formula is C23H22ClN3O. The number of rotatable bonds is 3. The molecule has 0 saturated carbocycles. The highest BCUT2D eigenvalue weighted by atomic mass is 35.5. The molecule has 142 valence electrons. The van der Waals surface area contributed by atoms with Crippen molar-refractivity contribution in [2.45, 2.75) is 25.4 Å². The standard InChI is InChI=1S/C23H22ClN3O/c1-16-15-21(25-18-7-3-2-4-8-18)20-9-5-6-10-22(20)27(16)23(28)26-19-13-11-17(24)12-14-19/h2-14,16,21,25H,15H2,1H3,(H,26,28)/t16-,21+/m1/s1. The summed E-state index contributed by atoms with van der Waals surface area (Å²) in [5, 5.41) is 7.24. The molecule has 4 rings (SSSR count). The molecule has 2 atom stereocenters. The molecule has 2 N–H and O–H groups in total. The lowest BCUT2D eigenvalue weighted by molar-refractivity contribution is 0.254. The zero-order chi connectivity index (χ0) is 19.5. The van der Waals surface area contributed by atoms with Gasteiger partial charge in [-0.2, -0.15) is 0 Å². The number of nitrogens with zero attached hydrogens (tertiary/aromatic N) is 1. The molecular weight excluding hydrogens is 370 g/mol. The van der Waals surface area contributed by atoms with Crippen molar-refractivity contribution in [2.75, 3.05) is 15.5 Å². The molecule has 28 heavy (non-hydrogen) atoms. The molecule has 5 heteroatoms. The lowest BCUT2D eigenvalue weighted by Gasteiger charge is -2.39. The smallest absolute Gasteiger partial charge is 0.326 e. The molecule has 2 amide bonds. The van der Waals surface area contributed by atoms with E-state index in [2.05, 4.69) is 35.8 Å². The zero-order valence-electron chi connectivity index (χ0n) is 15.6. The summed E-state index contributed by atoms with van der Waals surface area (Å²) in [5.41, 5.74) is 3.86. The van der Waals surface area contributed by atoms with E-state index in [9.17, 15) is 4.79 Å². The summed E-state index contributed by atoms with van der Waals surface area (Å²) in [5.74, 6) is 0. The molecule has 4 nitrogen and oxygen atoms in total. The number of hydrogen-bond acceptors (Lipinski definition) is 2. The molecule has 1 aliphatic heterocycles. The Morgan fingerprint density at radius 2 is 1.61 bits per heavy atom. The average molecular weight is 392 g/mol. The highest BCUT2D eigenvalue weighted by Crippen LogP contribution is 2.39. The molecule has 0 fully saturated rings. The summed E-state index contributed by atoms with van der Waals surface area (Å²) < 4.78 is 0. The minimum Gasteiger partial charge on any atom is -0.378 e. The molecule has 1 heterocycles. The summed E-state index contributed by atoms with van der Waals surface area (Å²) >= 11 is 5.94. The van der Waals surface area contributed by atoms with Crippen molar-refractivity contribution in [1.82, 2.24) is 0 Å². The molecule has 0 bridgehead atoms. The Morgan fingerprint density at radius 1 is 0.929 bits per heavy atom. The molecule has 0 unspecified atom stereocenters. The van der Waals surface area contributed by atoms with Crippen molar-refractivity contribution in [1.29, 1.82) is 0 Å². The van der Waals surface area contributed by atoms with Gasteiger partial charge in [-0.1, -0.05) is 48.0 Å². The number of benzene rings is 3. The maximum absolute atomic E-state index is 13.1. The van der Waals surface area contributed by atoms with Crippen LogP contribution in [0.15, 0.2) is 78.9 Å². The molecule has 1 aliphatic rings. The van der Waals surface area contributed by atoms with Crippen LogP contribution >= 0.6 is 11.6 Å². The number of hydrogen-bond donors (Lipinski definition) is 2. The number of nitrogens with one attached hydrogen (secondary N) is 2. The van der Waals surface area contributed by atoms with Crippen molar-refractivity contribution in [3.8, 4) is 0 Å². The zero-order valence-corrected chi connectivity index (χ0v) is 16.4. The fourth-order valence-electron chi connectivity index (χ4n) is 3.71. The van der Waals surface area contributed by atoms with Crippen LogP contribution in [0, 0.1) is 0 Å². The Labute approximate surface area is 170 Å². The van der Waals surface area contributed by atoms with Gasteiger partial charge in [0, 0.05) is 22.4 Å². The highest BCUT2D eigenvalue weighted by Gasteiger charge is 2.33. The van der Waals surface area contributed by atoms with Gasteiger partial charge in [-0.15, -0.1) is 0 Å². The third kappa shape index (κ3) is 3.82. The van der Waals surface area contributed by atoms with Gasteiger partial charge in [0.2, 0.25) is 0 Å². The first-order valence-corrected chi connectivity index (χ1v) is 9.76. The maximum Gasteiger partial charge on any atom is 0.326 e. The summed E-state index contributed by atoms with van der Waals surface area (Å²) in [7, 11) is 0. The van der Waals surface area contributed by atoms with Crippen LogP contribution in [0.3, 0.4) is 0 Å². The van der Waals surface area contributed by atoms with E-state index in [-0.39, 0.29) is 18.1 Å². The van der Waals surface area contributed by atoms with E-state index in [0.29, 0.717) is 5.02 Å². The number of anilines is 3. The lowest BCUT2D eigenvalue weighted by atomic mass is 9.91. The summed E-state index contributed by atoms with van der Waals surface area (Å²) in [6.07, 6.45) is 0.819. The predicted octanol–water partition coefficient (Wildman–Crippen LogP) is 6.32. The number of halogens is 1. The van der Waals surface area contributed by atoms with E-state index in [4.69, 9.17) is 11.6 Å². The number of para-hydroxylation sites is 2. The van der Waals surface area contributed by atoms with Crippen molar-refractivity contribution >= 4 is 34.7 Å². The monoisotopic (exact) mass is 391 g/mol. The van der Waals surface area contributed by atoms with Crippen molar-refractivity contribution in [3.63, 3.8) is 0 Å². The van der Waals surface area contributed by atoms with E-state index in [1.165, 1.54) is 0 Å². The van der Waals surface area contributed by atoms with Crippen LogP contribution in [0.1, 0.15) is 24.9 Å². The molecule has 0 aromatic heterocycles. The molecule has 3 aromatic rings. The van der Waals surface area contributed by atoms with Crippen LogP contribution < -0.4 is 15.5 Å². The van der Waals surface area contributed by atoms with Crippen molar-refractivity contribution in [2.24, 2.45) is 0 Å². The van der Waals surface area contributed by atoms with Gasteiger partial charge in [-0.25, -0.2) is 4.79 Å². The van der Waals surface area contributed by atoms with Gasteiger partial charge in [0.05, 0.1) is 11.7 Å².